The van der Waals surface area contributed by atoms with Crippen LogP contribution in [0.5, 0.6) is 5.75 Å². The number of sulfonamides is 1. The molecule has 1 aromatic rings. The Morgan fingerprint density at radius 2 is 1.90 bits per heavy atom. The molecule has 0 unspecified atom stereocenters. The van der Waals surface area contributed by atoms with Gasteiger partial charge in [0.25, 0.3) is 0 Å². The van der Waals surface area contributed by atoms with Gasteiger partial charge < -0.3 is 4.74 Å². The van der Waals surface area contributed by atoms with E-state index >= 15 is 0 Å². The van der Waals surface area contributed by atoms with E-state index in [1.807, 2.05) is 0 Å². The van der Waals surface area contributed by atoms with E-state index in [9.17, 15) is 8.42 Å². The molecule has 0 spiro atoms. The first-order chi connectivity index (χ1) is 9.86. The van der Waals surface area contributed by atoms with Gasteiger partial charge in [-0.3, -0.25) is 0 Å². The normalized spacial score (nSPS) is 18.1. The zero-order chi connectivity index (χ0) is 15.6. The second kappa shape index (κ2) is 6.67. The number of methoxy groups -OCH3 is 1. The fourth-order valence-electron chi connectivity index (χ4n) is 2.74. The summed E-state index contributed by atoms with van der Waals surface area (Å²) in [6.45, 7) is 5.62. The van der Waals surface area contributed by atoms with Gasteiger partial charge in [-0.2, -0.15) is 4.31 Å². The Morgan fingerprint density at radius 3 is 2.38 bits per heavy atom. The molecule has 1 aliphatic heterocycles. The Labute approximate surface area is 135 Å². The zero-order valence-corrected chi connectivity index (χ0v) is 15.1. The Balaban J connectivity index is 2.17. The topological polar surface area (TPSA) is 46.6 Å². The van der Waals surface area contributed by atoms with Gasteiger partial charge in [-0.25, -0.2) is 8.42 Å². The molecular formula is C15H22BrNO3S. The highest BCUT2D eigenvalue weighted by molar-refractivity contribution is 9.10. The molecule has 4 nitrogen and oxygen atoms in total. The van der Waals surface area contributed by atoms with Crippen LogP contribution in [0, 0.1) is 11.8 Å². The fourth-order valence-corrected chi connectivity index (χ4v) is 4.93. The average molecular weight is 376 g/mol. The number of ether oxygens (including phenoxy) is 1. The minimum atomic E-state index is -3.41. The molecule has 1 aromatic carbocycles. The number of benzene rings is 1. The van der Waals surface area contributed by atoms with Crippen LogP contribution in [0.3, 0.4) is 0 Å². The van der Waals surface area contributed by atoms with Crippen molar-refractivity contribution in [2.45, 2.75) is 31.6 Å². The highest BCUT2D eigenvalue weighted by Gasteiger charge is 2.30. The summed E-state index contributed by atoms with van der Waals surface area (Å²) in [4.78, 5) is 0.318. The van der Waals surface area contributed by atoms with Crippen molar-refractivity contribution in [3.63, 3.8) is 0 Å². The molecule has 0 aromatic heterocycles. The molecule has 0 saturated carbocycles. The first kappa shape index (κ1) is 16.8. The first-order valence-corrected chi connectivity index (χ1v) is 9.43. The van der Waals surface area contributed by atoms with E-state index in [0.29, 0.717) is 40.0 Å². The lowest BCUT2D eigenvalue weighted by atomic mass is 9.87. The quantitative estimate of drug-likeness (QED) is 0.808. The predicted octanol–water partition coefficient (Wildman–Crippen LogP) is 3.51. The van der Waals surface area contributed by atoms with Gasteiger partial charge in [-0.15, -0.1) is 0 Å². The van der Waals surface area contributed by atoms with Crippen LogP contribution in [0.25, 0.3) is 0 Å². The summed E-state index contributed by atoms with van der Waals surface area (Å²) in [7, 11) is -1.85. The third-order valence-electron chi connectivity index (χ3n) is 4.20. The van der Waals surface area contributed by atoms with Crippen molar-refractivity contribution < 1.29 is 13.2 Å². The van der Waals surface area contributed by atoms with Gasteiger partial charge in [0.05, 0.1) is 16.5 Å². The van der Waals surface area contributed by atoms with Crippen molar-refractivity contribution in [3.05, 3.63) is 22.7 Å². The lowest BCUT2D eigenvalue weighted by Crippen LogP contribution is -2.39. The average Bonchev–Trinajstić information content (AvgIpc) is 2.47. The molecule has 1 saturated heterocycles. The Morgan fingerprint density at radius 1 is 1.29 bits per heavy atom. The molecule has 2 rings (SSSR count). The maximum atomic E-state index is 12.7. The molecule has 1 aliphatic rings. The van der Waals surface area contributed by atoms with Crippen LogP contribution < -0.4 is 4.74 Å². The minimum absolute atomic E-state index is 0.318. The van der Waals surface area contributed by atoms with Crippen LogP contribution in [0.2, 0.25) is 0 Å². The standard InChI is InChI=1S/C15H22BrNO3S/c1-11(2)12-6-8-17(9-7-12)21(18,19)13-4-5-15(20-3)14(16)10-13/h4-5,10-12H,6-9H2,1-3H3. The number of hydrogen-bond donors (Lipinski definition) is 0. The molecule has 21 heavy (non-hydrogen) atoms. The summed E-state index contributed by atoms with van der Waals surface area (Å²) in [5.41, 5.74) is 0. The lowest BCUT2D eigenvalue weighted by Gasteiger charge is -2.33. The Hall–Kier alpha value is -0.590. The van der Waals surface area contributed by atoms with Gasteiger partial charge in [0.1, 0.15) is 5.75 Å². The second-order valence-corrected chi connectivity index (χ2v) is 8.57. The van der Waals surface area contributed by atoms with E-state index in [1.54, 1.807) is 29.6 Å². The van der Waals surface area contributed by atoms with Crippen LogP contribution in [0.15, 0.2) is 27.6 Å². The summed E-state index contributed by atoms with van der Waals surface area (Å²) < 4.78 is 32.8. The number of rotatable bonds is 4. The molecule has 0 radical (unpaired) electrons. The van der Waals surface area contributed by atoms with Crippen LogP contribution in [0.1, 0.15) is 26.7 Å². The number of halogens is 1. The second-order valence-electron chi connectivity index (χ2n) is 5.78. The molecule has 0 bridgehead atoms. The highest BCUT2D eigenvalue weighted by Crippen LogP contribution is 2.31. The Kier molecular flexibility index (Phi) is 5.33. The lowest BCUT2D eigenvalue weighted by molar-refractivity contribution is 0.226. The monoisotopic (exact) mass is 375 g/mol. The Bertz CT molecular complexity index is 593. The zero-order valence-electron chi connectivity index (χ0n) is 12.7. The van der Waals surface area contributed by atoms with E-state index < -0.39 is 10.0 Å². The van der Waals surface area contributed by atoms with Gasteiger partial charge in [0.15, 0.2) is 0 Å². The van der Waals surface area contributed by atoms with Crippen molar-refractivity contribution in [2.24, 2.45) is 11.8 Å². The van der Waals surface area contributed by atoms with E-state index in [-0.39, 0.29) is 0 Å². The van der Waals surface area contributed by atoms with Gasteiger partial charge in [-0.05, 0) is 58.8 Å². The van der Waals surface area contributed by atoms with Crippen molar-refractivity contribution in [3.8, 4) is 5.75 Å². The van der Waals surface area contributed by atoms with Crippen LogP contribution in [-0.2, 0) is 10.0 Å². The van der Waals surface area contributed by atoms with Gasteiger partial charge in [0.2, 0.25) is 10.0 Å². The maximum absolute atomic E-state index is 12.7. The van der Waals surface area contributed by atoms with Gasteiger partial charge >= 0.3 is 0 Å². The van der Waals surface area contributed by atoms with E-state index in [0.717, 1.165) is 12.8 Å². The SMILES string of the molecule is COc1ccc(S(=O)(=O)N2CCC(C(C)C)CC2)cc1Br. The summed E-state index contributed by atoms with van der Waals surface area (Å²) in [5.74, 6) is 1.87. The number of nitrogens with zero attached hydrogens (tertiary/aromatic N) is 1. The van der Waals surface area contributed by atoms with Crippen LogP contribution >= 0.6 is 15.9 Å². The molecule has 0 atom stereocenters. The summed E-state index contributed by atoms with van der Waals surface area (Å²) in [6.07, 6.45) is 1.88. The van der Waals surface area contributed by atoms with Crippen LogP contribution in [0.4, 0.5) is 0 Å². The number of piperidine rings is 1. The fraction of sp³-hybridized carbons (Fsp3) is 0.600. The smallest absolute Gasteiger partial charge is 0.243 e. The minimum Gasteiger partial charge on any atom is -0.496 e. The predicted molar refractivity (Wildman–Crippen MR) is 87.0 cm³/mol. The van der Waals surface area contributed by atoms with Crippen LogP contribution in [-0.4, -0.2) is 32.9 Å². The van der Waals surface area contributed by atoms with Crippen molar-refractivity contribution in [2.75, 3.05) is 20.2 Å². The van der Waals surface area contributed by atoms with Crippen molar-refractivity contribution >= 4 is 26.0 Å². The van der Waals surface area contributed by atoms with E-state index in [4.69, 9.17) is 4.74 Å². The largest absolute Gasteiger partial charge is 0.496 e. The highest BCUT2D eigenvalue weighted by atomic mass is 79.9. The molecule has 0 N–H and O–H groups in total. The molecule has 118 valence electrons. The van der Waals surface area contributed by atoms with E-state index in [1.165, 1.54) is 0 Å². The summed E-state index contributed by atoms with van der Waals surface area (Å²) >= 11 is 3.34. The van der Waals surface area contributed by atoms with Gasteiger partial charge in [-0.1, -0.05) is 13.8 Å². The molecule has 1 heterocycles. The maximum Gasteiger partial charge on any atom is 0.243 e. The van der Waals surface area contributed by atoms with Gasteiger partial charge in [0, 0.05) is 13.1 Å². The van der Waals surface area contributed by atoms with Crippen molar-refractivity contribution in [1.29, 1.82) is 0 Å². The molecule has 0 amide bonds. The molecule has 1 fully saturated rings. The summed E-state index contributed by atoms with van der Waals surface area (Å²) in [6, 6.07) is 4.90. The summed E-state index contributed by atoms with van der Waals surface area (Å²) in [5, 5.41) is 0. The number of hydrogen-bond acceptors (Lipinski definition) is 3. The molecule has 0 aliphatic carbocycles. The molecular weight excluding hydrogens is 354 g/mol. The first-order valence-electron chi connectivity index (χ1n) is 7.20. The third-order valence-corrected chi connectivity index (χ3v) is 6.72. The van der Waals surface area contributed by atoms with E-state index in [2.05, 4.69) is 29.8 Å². The van der Waals surface area contributed by atoms with Crippen molar-refractivity contribution in [1.82, 2.24) is 4.31 Å². The third kappa shape index (κ3) is 3.60. The molecule has 6 heteroatoms.